The third-order valence-electron chi connectivity index (χ3n) is 6.45. The van der Waals surface area contributed by atoms with Crippen LogP contribution in [0.1, 0.15) is 145 Å². The van der Waals surface area contributed by atoms with Crippen LogP contribution in [0, 0.1) is 5.41 Å². The maximum atomic E-state index is 12.4. The van der Waals surface area contributed by atoms with Gasteiger partial charge in [-0.2, -0.15) is 9.98 Å². The number of nitrogens with zero attached hydrogens (tertiary/aromatic N) is 2. The Morgan fingerprint density at radius 3 is 1.60 bits per heavy atom. The van der Waals surface area contributed by atoms with Gasteiger partial charge in [-0.1, -0.05) is 32.1 Å². The summed E-state index contributed by atoms with van der Waals surface area (Å²) in [4.78, 5) is 45.2. The normalized spacial score (nSPS) is 12.7. The Balaban J connectivity index is 2.52. The van der Waals surface area contributed by atoms with Crippen LogP contribution in [0.25, 0.3) is 0 Å². The average molecular weight is 673 g/mol. The SMILES string of the molecule is CC(=N)c1ccc(OCCC/C(CCCCCCCCC/C(=N/C(=O)OC(C)(C)C)NC(=O)OC(C)(C)C)=N/C(=O)OC(C)(C)C)cc1. The van der Waals surface area contributed by atoms with Crippen LogP contribution in [0.3, 0.4) is 0 Å². The van der Waals surface area contributed by atoms with E-state index in [1.165, 1.54) is 0 Å². The first-order valence-corrected chi connectivity index (χ1v) is 17.1. The van der Waals surface area contributed by atoms with Crippen LogP contribution < -0.4 is 10.1 Å². The highest BCUT2D eigenvalue weighted by molar-refractivity contribution is 6.00. The number of alkyl carbamates (subject to hydrolysis) is 1. The molecule has 0 unspecified atom stereocenters. The lowest BCUT2D eigenvalue weighted by molar-refractivity contribution is 0.0557. The Hall–Kier alpha value is -3.76. The first-order chi connectivity index (χ1) is 22.2. The summed E-state index contributed by atoms with van der Waals surface area (Å²) in [6.07, 6.45) is 7.20. The average Bonchev–Trinajstić information content (AvgIpc) is 2.91. The summed E-state index contributed by atoms with van der Waals surface area (Å²) in [5.41, 5.74) is 0.215. The quantitative estimate of drug-likeness (QED) is 0.0768. The molecule has 0 aromatic heterocycles. The van der Waals surface area contributed by atoms with Gasteiger partial charge in [-0.3, -0.25) is 5.32 Å². The lowest BCUT2D eigenvalue weighted by Crippen LogP contribution is -2.37. The van der Waals surface area contributed by atoms with E-state index in [2.05, 4.69) is 15.3 Å². The van der Waals surface area contributed by atoms with Gasteiger partial charge in [-0.25, -0.2) is 14.4 Å². The second kappa shape index (κ2) is 20.6. The van der Waals surface area contributed by atoms with E-state index in [1.54, 1.807) is 48.5 Å². The van der Waals surface area contributed by atoms with Crippen LogP contribution >= 0.6 is 0 Å². The van der Waals surface area contributed by atoms with Crippen LogP contribution in [0.2, 0.25) is 0 Å². The predicted molar refractivity (Wildman–Crippen MR) is 192 cm³/mol. The fourth-order valence-electron chi connectivity index (χ4n) is 4.39. The van der Waals surface area contributed by atoms with Crippen molar-refractivity contribution in [1.82, 2.24) is 5.32 Å². The number of amides is 3. The van der Waals surface area contributed by atoms with Gasteiger partial charge in [0.2, 0.25) is 0 Å². The third kappa shape index (κ3) is 22.7. The molecule has 2 N–H and O–H groups in total. The largest absolute Gasteiger partial charge is 0.494 e. The molecule has 0 saturated carbocycles. The molecule has 48 heavy (non-hydrogen) atoms. The molecule has 270 valence electrons. The molecule has 0 heterocycles. The minimum atomic E-state index is -0.750. The molecule has 1 aromatic carbocycles. The zero-order valence-electron chi connectivity index (χ0n) is 31.0. The molecule has 0 radical (unpaired) electrons. The standard InChI is InChI=1S/C37H60N4O7/c1-27(38)28-22-24-30(25-23-28)45-26-18-20-29(39-32(42)46-35(2,3)4)19-16-14-12-11-13-15-17-21-31(40-33(43)47-36(5,6)7)41-34(44)48-37(8,9)10/h22-25,38H,11-21,26H2,1-10H3,(H,40,41,43,44)/b38-27?,39-29+. The Labute approximate surface area is 288 Å². The summed E-state index contributed by atoms with van der Waals surface area (Å²) in [5.74, 6) is 0.980. The number of carbonyl (C=O) groups is 3. The van der Waals surface area contributed by atoms with Crippen molar-refractivity contribution in [3.05, 3.63) is 29.8 Å². The number of ether oxygens (including phenoxy) is 4. The van der Waals surface area contributed by atoms with Crippen molar-refractivity contribution in [3.8, 4) is 5.75 Å². The number of hydrogen-bond donors (Lipinski definition) is 2. The van der Waals surface area contributed by atoms with Crippen molar-refractivity contribution < 1.29 is 33.3 Å². The van der Waals surface area contributed by atoms with E-state index in [0.717, 1.165) is 68.4 Å². The van der Waals surface area contributed by atoms with E-state index in [9.17, 15) is 14.4 Å². The van der Waals surface area contributed by atoms with Crippen LogP contribution in [0.4, 0.5) is 14.4 Å². The molecule has 11 heteroatoms. The van der Waals surface area contributed by atoms with Crippen LogP contribution in [0.5, 0.6) is 5.75 Å². The van der Waals surface area contributed by atoms with Crippen molar-refractivity contribution >= 4 is 35.5 Å². The zero-order chi connectivity index (χ0) is 36.4. The summed E-state index contributed by atoms with van der Waals surface area (Å²) < 4.78 is 21.9. The predicted octanol–water partition coefficient (Wildman–Crippen LogP) is 9.98. The minimum absolute atomic E-state index is 0.233. The summed E-state index contributed by atoms with van der Waals surface area (Å²) >= 11 is 0. The monoisotopic (exact) mass is 672 g/mol. The van der Waals surface area contributed by atoms with Gasteiger partial charge in [0.05, 0.1) is 6.61 Å². The molecule has 0 saturated heterocycles. The fraction of sp³-hybridized carbons (Fsp3) is 0.676. The molecule has 3 amide bonds. The number of carbonyl (C=O) groups excluding carboxylic acids is 3. The van der Waals surface area contributed by atoms with E-state index in [0.29, 0.717) is 31.6 Å². The Bertz CT molecular complexity index is 1230. The smallest absolute Gasteiger partial charge is 0.435 e. The van der Waals surface area contributed by atoms with E-state index in [1.807, 2.05) is 45.0 Å². The van der Waals surface area contributed by atoms with Crippen molar-refractivity contribution in [2.45, 2.75) is 157 Å². The zero-order valence-corrected chi connectivity index (χ0v) is 31.0. The number of benzene rings is 1. The molecule has 0 aliphatic heterocycles. The highest BCUT2D eigenvalue weighted by Crippen LogP contribution is 2.16. The Morgan fingerprint density at radius 1 is 0.646 bits per heavy atom. The van der Waals surface area contributed by atoms with Crippen LogP contribution in [-0.2, 0) is 14.2 Å². The molecule has 0 atom stereocenters. The maximum Gasteiger partial charge on any atom is 0.435 e. The highest BCUT2D eigenvalue weighted by atomic mass is 16.6. The lowest BCUT2D eigenvalue weighted by Gasteiger charge is -2.20. The molecule has 0 bridgehead atoms. The second-order valence-corrected chi connectivity index (χ2v) is 14.9. The molecular weight excluding hydrogens is 612 g/mol. The number of amidine groups is 1. The highest BCUT2D eigenvalue weighted by Gasteiger charge is 2.20. The second-order valence-electron chi connectivity index (χ2n) is 14.9. The molecule has 0 spiro atoms. The number of rotatable bonds is 16. The van der Waals surface area contributed by atoms with Crippen molar-refractivity contribution in [3.63, 3.8) is 0 Å². The number of nitrogens with one attached hydrogen (secondary N) is 2. The minimum Gasteiger partial charge on any atom is -0.494 e. The lowest BCUT2D eigenvalue weighted by atomic mass is 10.0. The third-order valence-corrected chi connectivity index (χ3v) is 6.45. The van der Waals surface area contributed by atoms with Crippen LogP contribution in [-0.4, -0.2) is 58.9 Å². The molecule has 0 aliphatic carbocycles. The molecule has 1 aromatic rings. The number of unbranched alkanes of at least 4 members (excludes halogenated alkanes) is 6. The van der Waals surface area contributed by atoms with Crippen LogP contribution in [0.15, 0.2) is 34.3 Å². The molecule has 1 rings (SSSR count). The van der Waals surface area contributed by atoms with Gasteiger partial charge in [-0.15, -0.1) is 0 Å². The van der Waals surface area contributed by atoms with Gasteiger partial charge in [0.25, 0.3) is 0 Å². The first-order valence-electron chi connectivity index (χ1n) is 17.1. The fourth-order valence-corrected chi connectivity index (χ4v) is 4.39. The maximum absolute atomic E-state index is 12.4. The van der Waals surface area contributed by atoms with Gasteiger partial charge in [0.15, 0.2) is 0 Å². The van der Waals surface area contributed by atoms with E-state index < -0.39 is 35.1 Å². The Kier molecular flexibility index (Phi) is 18.1. The van der Waals surface area contributed by atoms with Gasteiger partial charge in [-0.05, 0) is 131 Å². The molecular formula is C37H60N4O7. The molecule has 0 aliphatic rings. The van der Waals surface area contributed by atoms with Crippen molar-refractivity contribution in [1.29, 1.82) is 5.41 Å². The van der Waals surface area contributed by atoms with Crippen molar-refractivity contribution in [2.24, 2.45) is 9.98 Å². The Morgan fingerprint density at radius 2 is 1.10 bits per heavy atom. The van der Waals surface area contributed by atoms with Gasteiger partial charge >= 0.3 is 18.3 Å². The van der Waals surface area contributed by atoms with Gasteiger partial charge < -0.3 is 24.4 Å². The van der Waals surface area contributed by atoms with Gasteiger partial charge in [0.1, 0.15) is 28.4 Å². The van der Waals surface area contributed by atoms with E-state index in [4.69, 9.17) is 24.4 Å². The number of aliphatic imine (C=N–C) groups is 2. The summed E-state index contributed by atoms with van der Waals surface area (Å²) in [5, 5.41) is 10.3. The van der Waals surface area contributed by atoms with E-state index >= 15 is 0 Å². The summed E-state index contributed by atoms with van der Waals surface area (Å²) in [6.45, 7) is 18.3. The molecule has 0 fully saturated rings. The summed E-state index contributed by atoms with van der Waals surface area (Å²) in [7, 11) is 0. The number of hydrogen-bond acceptors (Lipinski definition) is 8. The van der Waals surface area contributed by atoms with Gasteiger partial charge in [0, 0.05) is 17.8 Å². The van der Waals surface area contributed by atoms with E-state index in [-0.39, 0.29) is 5.84 Å². The topological polar surface area (TPSA) is 149 Å². The molecule has 11 nitrogen and oxygen atoms in total. The van der Waals surface area contributed by atoms with Crippen molar-refractivity contribution in [2.75, 3.05) is 6.61 Å². The summed E-state index contributed by atoms with van der Waals surface area (Å²) in [6, 6.07) is 7.46. The first kappa shape index (κ1) is 42.3.